The van der Waals surface area contributed by atoms with Gasteiger partial charge in [-0.25, -0.2) is 0 Å². The first kappa shape index (κ1) is 60.7. The summed E-state index contributed by atoms with van der Waals surface area (Å²) < 4.78 is 0. The monoisotopic (exact) mass is 815 g/mol. The topological polar surface area (TPSA) is 161 Å². The molecular formula is C44H84GeO8. The van der Waals surface area contributed by atoms with Crippen molar-refractivity contribution in [1.29, 1.82) is 0 Å². The van der Waals surface area contributed by atoms with E-state index in [4.69, 9.17) is 0 Å². The van der Waals surface area contributed by atoms with E-state index in [9.17, 15) is 39.6 Å². The van der Waals surface area contributed by atoms with E-state index in [1.165, 1.54) is 0 Å². The third-order valence-electron chi connectivity index (χ3n) is 10.5. The molecule has 0 aromatic carbocycles. The van der Waals surface area contributed by atoms with Crippen molar-refractivity contribution in [3.63, 3.8) is 0 Å². The molecule has 9 heteroatoms. The minimum atomic E-state index is -0.849. The normalized spacial score (nSPS) is 11.4. The predicted molar refractivity (Wildman–Crippen MR) is 214 cm³/mol. The van der Waals surface area contributed by atoms with Crippen LogP contribution >= 0.6 is 0 Å². The van der Waals surface area contributed by atoms with E-state index < -0.39 is 45.5 Å². The summed E-state index contributed by atoms with van der Waals surface area (Å²) in [6.45, 7) is 24.4. The Morgan fingerprint density at radius 1 is 0.264 bits per heavy atom. The van der Waals surface area contributed by atoms with Gasteiger partial charge in [-0.15, -0.1) is 0 Å². The average molecular weight is 814 g/mol. The minimum absolute atomic E-state index is 0. The third-order valence-corrected chi connectivity index (χ3v) is 10.5. The summed E-state index contributed by atoms with van der Waals surface area (Å²) in [5, 5.41) is 44.3. The van der Waals surface area contributed by atoms with Crippen molar-refractivity contribution >= 4 is 41.5 Å². The van der Waals surface area contributed by atoms with Gasteiger partial charge < -0.3 is 39.6 Å². The van der Waals surface area contributed by atoms with E-state index in [1.54, 1.807) is 0 Å². The zero-order chi connectivity index (χ0) is 41.3. The molecule has 0 unspecified atom stereocenters. The van der Waals surface area contributed by atoms with Gasteiger partial charge in [0.25, 0.3) is 0 Å². The van der Waals surface area contributed by atoms with Gasteiger partial charge in [-0.3, -0.25) is 0 Å². The Morgan fingerprint density at radius 2 is 0.340 bits per heavy atom. The molecule has 0 atom stereocenters. The summed E-state index contributed by atoms with van der Waals surface area (Å²) >= 11 is 0. The molecule has 0 aromatic rings. The SMILES string of the molecule is CCCC(CCC)(CCC)C(=O)[O-].CCCC(CCC)(CCC)C(=O)[O-].CCCC(CCC)(CCC)C(=O)[O-].CCCC(CCC)(CCC)C(=O)[O-].[Ge+4]. The Hall–Kier alpha value is -1.58. The van der Waals surface area contributed by atoms with Gasteiger partial charge in [-0.1, -0.05) is 160 Å². The van der Waals surface area contributed by atoms with Crippen LogP contribution in [0.5, 0.6) is 0 Å². The van der Waals surface area contributed by atoms with E-state index in [-0.39, 0.29) is 17.6 Å². The summed E-state index contributed by atoms with van der Waals surface area (Å²) in [5.74, 6) is -3.40. The van der Waals surface area contributed by atoms with Gasteiger partial charge in [0.15, 0.2) is 0 Å². The number of rotatable bonds is 28. The molecule has 0 N–H and O–H groups in total. The van der Waals surface area contributed by atoms with Crippen molar-refractivity contribution in [3.8, 4) is 0 Å². The van der Waals surface area contributed by atoms with Crippen LogP contribution in [0.15, 0.2) is 0 Å². The maximum atomic E-state index is 11.1. The summed E-state index contributed by atoms with van der Waals surface area (Å²) in [5.41, 5.74) is -2.17. The maximum Gasteiger partial charge on any atom is 4.00 e. The Kier molecular flexibility index (Phi) is 41.3. The van der Waals surface area contributed by atoms with E-state index in [1.807, 2.05) is 83.1 Å². The second-order valence-corrected chi connectivity index (χ2v) is 15.3. The van der Waals surface area contributed by atoms with Gasteiger partial charge >= 0.3 is 17.6 Å². The van der Waals surface area contributed by atoms with Gasteiger partial charge in [0.05, 0.1) is 0 Å². The molecule has 0 bridgehead atoms. The van der Waals surface area contributed by atoms with Crippen molar-refractivity contribution in [2.75, 3.05) is 0 Å². The summed E-state index contributed by atoms with van der Waals surface area (Å²) in [6, 6.07) is 0. The van der Waals surface area contributed by atoms with Gasteiger partial charge in [-0.2, -0.15) is 0 Å². The summed E-state index contributed by atoms with van der Waals surface area (Å²) in [4.78, 5) is 44.3. The zero-order valence-corrected chi connectivity index (χ0v) is 38.8. The Balaban J connectivity index is -0.000000192. The average Bonchev–Trinajstić information content (AvgIpc) is 3.06. The van der Waals surface area contributed by atoms with Crippen molar-refractivity contribution in [1.82, 2.24) is 0 Å². The quantitative estimate of drug-likeness (QED) is 0.0717. The van der Waals surface area contributed by atoms with Crippen LogP contribution < -0.4 is 20.4 Å². The molecule has 0 fully saturated rings. The Morgan fingerprint density at radius 3 is 0.377 bits per heavy atom. The second-order valence-electron chi connectivity index (χ2n) is 15.3. The molecule has 312 valence electrons. The molecule has 0 saturated heterocycles. The summed E-state index contributed by atoms with van der Waals surface area (Å²) in [6.07, 6.45) is 20.2. The molecule has 0 aromatic heterocycles. The van der Waals surface area contributed by atoms with Crippen molar-refractivity contribution in [2.24, 2.45) is 21.7 Å². The number of hydrogen-bond acceptors (Lipinski definition) is 8. The maximum absolute atomic E-state index is 11.1. The number of carbonyl (C=O) groups is 4. The standard InChI is InChI=1S/4C11H22O2.Ge/c4*1-4-7-11(8-5-2,9-6-3)10(12)13;/h4*4-9H2,1-3H3,(H,12,13);/q;;;;+4/p-4. The van der Waals surface area contributed by atoms with Crippen molar-refractivity contribution in [3.05, 3.63) is 0 Å². The molecule has 0 rings (SSSR count). The fourth-order valence-corrected chi connectivity index (χ4v) is 8.47. The van der Waals surface area contributed by atoms with Gasteiger partial charge in [0, 0.05) is 45.5 Å². The number of carbonyl (C=O) groups excluding carboxylic acids is 4. The van der Waals surface area contributed by atoms with Crippen molar-refractivity contribution in [2.45, 2.75) is 237 Å². The van der Waals surface area contributed by atoms with Gasteiger partial charge in [0.1, 0.15) is 0 Å². The third kappa shape index (κ3) is 23.8. The number of aliphatic carboxylic acids is 4. The molecule has 0 aliphatic carbocycles. The predicted octanol–water partition coefficient (Wildman–Crippen LogP) is 8.11. The van der Waals surface area contributed by atoms with Crippen LogP contribution in [0.2, 0.25) is 0 Å². The van der Waals surface area contributed by atoms with Crippen LogP contribution in [0, 0.1) is 21.7 Å². The number of carboxylic acid groups (broad SMARTS) is 4. The molecule has 0 saturated carbocycles. The van der Waals surface area contributed by atoms with E-state index in [0.29, 0.717) is 0 Å². The fraction of sp³-hybridized carbons (Fsp3) is 0.909. The largest absolute Gasteiger partial charge is 4.00 e. The molecular weight excluding hydrogens is 729 g/mol. The molecule has 0 spiro atoms. The van der Waals surface area contributed by atoms with E-state index in [0.717, 1.165) is 154 Å². The van der Waals surface area contributed by atoms with Crippen LogP contribution in [-0.4, -0.2) is 41.5 Å². The zero-order valence-electron chi connectivity index (χ0n) is 36.7. The first-order valence-electron chi connectivity index (χ1n) is 21.4. The van der Waals surface area contributed by atoms with Gasteiger partial charge in [-0.05, 0) is 77.0 Å². The van der Waals surface area contributed by atoms with Crippen molar-refractivity contribution < 1.29 is 39.6 Å². The molecule has 0 aliphatic heterocycles. The molecule has 8 nitrogen and oxygen atoms in total. The molecule has 0 aliphatic rings. The molecule has 0 radical (unpaired) electrons. The first-order valence-corrected chi connectivity index (χ1v) is 21.4. The molecule has 53 heavy (non-hydrogen) atoms. The number of carboxylic acids is 4. The minimum Gasteiger partial charge on any atom is -0.550 e. The first-order chi connectivity index (χ1) is 24.5. The van der Waals surface area contributed by atoms with Crippen LogP contribution in [0.1, 0.15) is 237 Å². The smallest absolute Gasteiger partial charge is 0.550 e. The Bertz CT molecular complexity index is 692. The van der Waals surface area contributed by atoms with Crippen LogP contribution in [0.25, 0.3) is 0 Å². The molecule has 0 heterocycles. The number of hydrogen-bond donors (Lipinski definition) is 0. The second kappa shape index (κ2) is 36.1. The molecule has 0 amide bonds. The van der Waals surface area contributed by atoms with E-state index in [2.05, 4.69) is 0 Å². The van der Waals surface area contributed by atoms with Crippen LogP contribution in [0.4, 0.5) is 0 Å². The van der Waals surface area contributed by atoms with Crippen LogP contribution in [-0.2, 0) is 19.2 Å². The Labute approximate surface area is 338 Å². The van der Waals surface area contributed by atoms with Gasteiger partial charge in [0.2, 0.25) is 0 Å². The van der Waals surface area contributed by atoms with Crippen LogP contribution in [0.3, 0.4) is 0 Å². The summed E-state index contributed by atoms with van der Waals surface area (Å²) in [7, 11) is 0. The van der Waals surface area contributed by atoms with E-state index >= 15 is 0 Å². The fourth-order valence-electron chi connectivity index (χ4n) is 8.47.